The Kier molecular flexibility index (Phi) is 5.98. The maximum atomic E-state index is 11.6. The molecule has 0 heterocycles. The minimum absolute atomic E-state index is 0.0882. The lowest BCUT2D eigenvalue weighted by atomic mass is 10.1. The third kappa shape index (κ3) is 3.54. The normalized spacial score (nSPS) is 14.5. The van der Waals surface area contributed by atoms with Crippen LogP contribution in [0.2, 0.25) is 0 Å². The molecule has 0 saturated heterocycles. The van der Waals surface area contributed by atoms with Crippen LogP contribution in [-0.2, 0) is 4.79 Å². The van der Waals surface area contributed by atoms with E-state index in [4.69, 9.17) is 12.2 Å². The van der Waals surface area contributed by atoms with E-state index in [1.54, 1.807) is 14.0 Å². The maximum absolute atomic E-state index is 11.6. The van der Waals surface area contributed by atoms with Gasteiger partial charge in [0.25, 0.3) is 0 Å². The Balaban J connectivity index is 4.85. The maximum Gasteiger partial charge on any atom is 0.169 e. The molecule has 0 spiro atoms. The summed E-state index contributed by atoms with van der Waals surface area (Å²) < 4.78 is 0. The summed E-state index contributed by atoms with van der Waals surface area (Å²) in [5.41, 5.74) is -0.666. The van der Waals surface area contributed by atoms with Crippen molar-refractivity contribution in [2.24, 2.45) is 0 Å². The number of carbonyl (C=O) groups excluding carboxylic acids is 1. The van der Waals surface area contributed by atoms with Crippen molar-refractivity contribution in [3.05, 3.63) is 0 Å². The number of thiocarbonyl (C=S) groups is 1. The van der Waals surface area contributed by atoms with Crippen LogP contribution in [0.1, 0.15) is 40.5 Å². The molecule has 0 rings (SSSR count). The Labute approximate surface area is 98.2 Å². The zero-order valence-corrected chi connectivity index (χ0v) is 11.2. The number of likely N-dealkylation sites (N-methyl/N-ethyl adjacent to an activating group) is 1. The van der Waals surface area contributed by atoms with Crippen LogP contribution in [0, 0.1) is 0 Å². The highest BCUT2D eigenvalue weighted by Gasteiger charge is 2.34. The molecular formula is C11H22N2OS. The van der Waals surface area contributed by atoms with Crippen LogP contribution in [0.4, 0.5) is 0 Å². The lowest BCUT2D eigenvalue weighted by molar-refractivity contribution is -0.127. The molecule has 0 aromatic rings. The summed E-state index contributed by atoms with van der Waals surface area (Å²) in [4.78, 5) is 14.4. The van der Waals surface area contributed by atoms with Crippen LogP contribution in [0.5, 0.6) is 0 Å². The first-order valence-corrected chi connectivity index (χ1v) is 5.79. The first kappa shape index (κ1) is 14.5. The van der Waals surface area contributed by atoms with E-state index in [9.17, 15) is 4.79 Å². The number of hydrogen-bond donors (Lipinski definition) is 1. The van der Waals surface area contributed by atoms with Gasteiger partial charge in [0, 0.05) is 6.54 Å². The fourth-order valence-corrected chi connectivity index (χ4v) is 1.79. The van der Waals surface area contributed by atoms with Crippen LogP contribution in [0.15, 0.2) is 0 Å². The molecule has 0 aliphatic carbocycles. The Morgan fingerprint density at radius 2 is 2.00 bits per heavy atom. The number of unbranched alkanes of at least 4 members (excludes halogenated alkanes) is 1. The van der Waals surface area contributed by atoms with Crippen molar-refractivity contribution in [3.63, 3.8) is 0 Å². The topological polar surface area (TPSA) is 32.3 Å². The zero-order valence-electron chi connectivity index (χ0n) is 10.4. The minimum atomic E-state index is -0.666. The molecule has 4 heteroatoms. The van der Waals surface area contributed by atoms with E-state index in [1.807, 2.05) is 18.7 Å². The van der Waals surface area contributed by atoms with Crippen LogP contribution in [0.3, 0.4) is 0 Å². The molecule has 0 saturated carbocycles. The number of ketones is 1. The van der Waals surface area contributed by atoms with Gasteiger partial charge >= 0.3 is 0 Å². The van der Waals surface area contributed by atoms with E-state index < -0.39 is 5.66 Å². The molecule has 0 aliphatic rings. The molecule has 0 fully saturated rings. The first-order chi connectivity index (χ1) is 6.90. The lowest BCUT2D eigenvalue weighted by Gasteiger charge is -2.40. The quantitative estimate of drug-likeness (QED) is 0.558. The highest BCUT2D eigenvalue weighted by molar-refractivity contribution is 7.80. The Morgan fingerprint density at radius 3 is 2.27 bits per heavy atom. The van der Waals surface area contributed by atoms with Crippen molar-refractivity contribution in [1.82, 2.24) is 10.2 Å². The van der Waals surface area contributed by atoms with Crippen molar-refractivity contribution in [2.45, 2.75) is 46.2 Å². The summed E-state index contributed by atoms with van der Waals surface area (Å²) in [5.74, 6) is 0.0882. The van der Waals surface area contributed by atoms with Gasteiger partial charge in [-0.05, 0) is 34.2 Å². The van der Waals surface area contributed by atoms with Crippen LogP contribution >= 0.6 is 12.2 Å². The second-order valence-electron chi connectivity index (χ2n) is 3.90. The fourth-order valence-electron chi connectivity index (χ4n) is 1.51. The van der Waals surface area contributed by atoms with Gasteiger partial charge in [-0.25, -0.2) is 0 Å². The molecule has 15 heavy (non-hydrogen) atoms. The number of nitrogens with one attached hydrogen (secondary N) is 1. The van der Waals surface area contributed by atoms with Gasteiger partial charge in [-0.2, -0.15) is 0 Å². The summed E-state index contributed by atoms with van der Waals surface area (Å²) in [7, 11) is 1.79. The summed E-state index contributed by atoms with van der Waals surface area (Å²) >= 11 is 5.20. The molecular weight excluding hydrogens is 208 g/mol. The van der Waals surface area contributed by atoms with Crippen molar-refractivity contribution < 1.29 is 4.79 Å². The van der Waals surface area contributed by atoms with Crippen molar-refractivity contribution in [2.75, 3.05) is 13.6 Å². The van der Waals surface area contributed by atoms with E-state index in [-0.39, 0.29) is 5.78 Å². The van der Waals surface area contributed by atoms with Gasteiger partial charge in [-0.15, -0.1) is 0 Å². The number of nitrogens with zero attached hydrogens (tertiary/aromatic N) is 1. The highest BCUT2D eigenvalue weighted by Crippen LogP contribution is 2.15. The van der Waals surface area contributed by atoms with Gasteiger partial charge in [-0.3, -0.25) is 10.1 Å². The molecule has 1 N–H and O–H groups in total. The third-order valence-electron chi connectivity index (χ3n) is 2.83. The summed E-state index contributed by atoms with van der Waals surface area (Å²) in [5, 5.41) is 3.06. The molecule has 88 valence electrons. The average molecular weight is 230 g/mol. The van der Waals surface area contributed by atoms with Gasteiger partial charge in [0.15, 0.2) is 5.78 Å². The third-order valence-corrected chi connectivity index (χ3v) is 3.05. The molecule has 0 bridgehead atoms. The number of Topliss-reactive ketones (excluding diaryl/α,β-unsaturated/α-hetero) is 1. The predicted molar refractivity (Wildman–Crippen MR) is 68.0 cm³/mol. The smallest absolute Gasteiger partial charge is 0.169 e. The van der Waals surface area contributed by atoms with Crippen LogP contribution in [0.25, 0.3) is 0 Å². The number of hydrogen-bond acceptors (Lipinski definition) is 3. The molecule has 0 aromatic heterocycles. The Hall–Kier alpha value is -0.480. The highest BCUT2D eigenvalue weighted by atomic mass is 32.1. The van der Waals surface area contributed by atoms with Gasteiger partial charge in [0.05, 0.1) is 4.99 Å². The van der Waals surface area contributed by atoms with Crippen LogP contribution < -0.4 is 5.32 Å². The Morgan fingerprint density at radius 1 is 1.47 bits per heavy atom. The van der Waals surface area contributed by atoms with Crippen molar-refractivity contribution in [3.8, 4) is 0 Å². The molecule has 1 unspecified atom stereocenters. The minimum Gasteiger partial charge on any atom is -0.342 e. The molecule has 3 nitrogen and oxygen atoms in total. The van der Waals surface area contributed by atoms with Gasteiger partial charge in [0.1, 0.15) is 5.66 Å². The summed E-state index contributed by atoms with van der Waals surface area (Å²) in [6.45, 7) is 8.28. The molecule has 0 aliphatic heterocycles. The van der Waals surface area contributed by atoms with Gasteiger partial charge < -0.3 is 4.90 Å². The standard InChI is InChI=1S/C11H22N2OS/c1-6-7-8-13(10(3)15)11(4,12-5)9(2)14/h12H,6-8H2,1-5H3. The first-order valence-electron chi connectivity index (χ1n) is 5.38. The number of rotatable bonds is 6. The van der Waals surface area contributed by atoms with E-state index in [2.05, 4.69) is 12.2 Å². The number of carbonyl (C=O) groups is 1. The van der Waals surface area contributed by atoms with Gasteiger partial charge in [-0.1, -0.05) is 25.6 Å². The van der Waals surface area contributed by atoms with Crippen molar-refractivity contribution in [1.29, 1.82) is 0 Å². The molecule has 1 atom stereocenters. The van der Waals surface area contributed by atoms with E-state index in [1.165, 1.54) is 0 Å². The van der Waals surface area contributed by atoms with E-state index in [0.717, 1.165) is 24.4 Å². The largest absolute Gasteiger partial charge is 0.342 e. The predicted octanol–water partition coefficient (Wildman–Crippen LogP) is 1.96. The fraction of sp³-hybridized carbons (Fsp3) is 0.818. The van der Waals surface area contributed by atoms with E-state index in [0.29, 0.717) is 0 Å². The molecule has 0 amide bonds. The molecule has 0 radical (unpaired) electrons. The average Bonchev–Trinajstić information content (AvgIpc) is 2.17. The summed E-state index contributed by atoms with van der Waals surface area (Å²) in [6.07, 6.45) is 2.13. The van der Waals surface area contributed by atoms with Crippen molar-refractivity contribution >= 4 is 23.0 Å². The second kappa shape index (κ2) is 6.18. The van der Waals surface area contributed by atoms with Crippen LogP contribution in [-0.4, -0.2) is 34.9 Å². The zero-order chi connectivity index (χ0) is 12.1. The van der Waals surface area contributed by atoms with E-state index >= 15 is 0 Å². The second-order valence-corrected chi connectivity index (χ2v) is 4.49. The summed E-state index contributed by atoms with van der Waals surface area (Å²) in [6, 6.07) is 0. The SMILES string of the molecule is CCCCN(C(C)=S)C(C)(NC)C(C)=O. The van der Waals surface area contributed by atoms with Gasteiger partial charge in [0.2, 0.25) is 0 Å². The Bertz CT molecular complexity index is 243. The lowest BCUT2D eigenvalue weighted by Crippen LogP contribution is -2.61. The molecule has 0 aromatic carbocycles. The monoisotopic (exact) mass is 230 g/mol.